The molecule has 0 bridgehead atoms. The minimum atomic E-state index is -0.267. The topological polar surface area (TPSA) is 69.9 Å². The second-order valence-electron chi connectivity index (χ2n) is 4.53. The molecule has 0 N–H and O–H groups in total. The summed E-state index contributed by atoms with van der Waals surface area (Å²) in [5.74, 6) is 0.488. The lowest BCUT2D eigenvalue weighted by Gasteiger charge is -2.07. The van der Waals surface area contributed by atoms with Gasteiger partial charge in [-0.3, -0.25) is 9.48 Å². The predicted octanol–water partition coefficient (Wildman–Crippen LogP) is 2.32. The van der Waals surface area contributed by atoms with Crippen LogP contribution in [0, 0.1) is 5.92 Å². The first-order valence-corrected chi connectivity index (χ1v) is 7.95. The number of thioether (sulfide) groups is 1. The van der Waals surface area contributed by atoms with Crippen molar-refractivity contribution in [1.29, 1.82) is 0 Å². The van der Waals surface area contributed by atoms with Crippen molar-refractivity contribution in [2.75, 3.05) is 12.9 Å². The van der Waals surface area contributed by atoms with E-state index in [1.807, 2.05) is 10.7 Å². The quantitative estimate of drug-likeness (QED) is 0.602. The van der Waals surface area contributed by atoms with Gasteiger partial charge in [0.05, 0.1) is 18.6 Å². The van der Waals surface area contributed by atoms with Crippen LogP contribution in [-0.4, -0.2) is 38.8 Å². The van der Waals surface area contributed by atoms with Crippen LogP contribution in [0.25, 0.3) is 10.7 Å². The predicted molar refractivity (Wildman–Crippen MR) is 78.7 cm³/mol. The van der Waals surface area contributed by atoms with Crippen LogP contribution in [0.15, 0.2) is 16.6 Å². The van der Waals surface area contributed by atoms with E-state index in [0.717, 1.165) is 21.6 Å². The van der Waals surface area contributed by atoms with Gasteiger partial charge in [0.1, 0.15) is 0 Å². The van der Waals surface area contributed by atoms with E-state index in [-0.39, 0.29) is 11.7 Å². The van der Waals surface area contributed by atoms with Crippen LogP contribution < -0.4 is 0 Å². The summed E-state index contributed by atoms with van der Waals surface area (Å²) in [5.41, 5.74) is 0.959. The van der Waals surface area contributed by atoms with E-state index in [2.05, 4.69) is 33.9 Å². The molecule has 0 amide bonds. The van der Waals surface area contributed by atoms with Crippen molar-refractivity contribution in [3.63, 3.8) is 0 Å². The van der Waals surface area contributed by atoms with Crippen molar-refractivity contribution < 1.29 is 9.53 Å². The summed E-state index contributed by atoms with van der Waals surface area (Å²) >= 11 is 2.79. The van der Waals surface area contributed by atoms with Crippen molar-refractivity contribution in [2.45, 2.75) is 24.7 Å². The fourth-order valence-electron chi connectivity index (χ4n) is 1.56. The number of carbonyl (C=O) groups is 1. The Morgan fingerprint density at radius 2 is 2.30 bits per heavy atom. The molecule has 0 aliphatic carbocycles. The van der Waals surface area contributed by atoms with Crippen LogP contribution in [0.2, 0.25) is 0 Å². The minimum Gasteiger partial charge on any atom is -0.468 e. The first kappa shape index (κ1) is 15.0. The van der Waals surface area contributed by atoms with Gasteiger partial charge < -0.3 is 4.74 Å². The number of carbonyl (C=O) groups excluding carboxylic acids is 1. The maximum atomic E-state index is 11.1. The highest BCUT2D eigenvalue weighted by Crippen LogP contribution is 2.29. The molecular weight excluding hydrogens is 296 g/mol. The Kier molecular flexibility index (Phi) is 5.13. The number of nitrogens with zero attached hydrogens (tertiary/aromatic N) is 4. The van der Waals surface area contributed by atoms with E-state index in [1.54, 1.807) is 6.20 Å². The Balaban J connectivity index is 2.08. The van der Waals surface area contributed by atoms with Crippen LogP contribution in [0.5, 0.6) is 0 Å². The van der Waals surface area contributed by atoms with Gasteiger partial charge in [0.15, 0.2) is 9.35 Å². The molecule has 0 aliphatic rings. The van der Waals surface area contributed by atoms with Gasteiger partial charge in [-0.25, -0.2) is 0 Å². The van der Waals surface area contributed by atoms with E-state index in [4.69, 9.17) is 0 Å². The highest BCUT2D eigenvalue weighted by atomic mass is 32.2. The van der Waals surface area contributed by atoms with Gasteiger partial charge in [0.25, 0.3) is 0 Å². The van der Waals surface area contributed by atoms with Gasteiger partial charge in [0.2, 0.25) is 0 Å². The zero-order valence-electron chi connectivity index (χ0n) is 11.6. The minimum absolute atomic E-state index is 0.246. The fourth-order valence-corrected chi connectivity index (χ4v) is 3.27. The Morgan fingerprint density at radius 1 is 1.50 bits per heavy atom. The molecule has 2 heterocycles. The lowest BCUT2D eigenvalue weighted by Crippen LogP contribution is -2.07. The normalized spacial score (nSPS) is 11.0. The zero-order chi connectivity index (χ0) is 14.5. The average molecular weight is 312 g/mol. The Morgan fingerprint density at radius 3 is 3.00 bits per heavy atom. The van der Waals surface area contributed by atoms with Gasteiger partial charge in [-0.1, -0.05) is 36.9 Å². The highest BCUT2D eigenvalue weighted by Gasteiger charge is 2.13. The van der Waals surface area contributed by atoms with E-state index in [9.17, 15) is 4.79 Å². The molecule has 0 fully saturated rings. The van der Waals surface area contributed by atoms with Gasteiger partial charge in [-0.05, 0) is 12.0 Å². The van der Waals surface area contributed by atoms with Crippen molar-refractivity contribution >= 4 is 29.1 Å². The van der Waals surface area contributed by atoms with Crippen LogP contribution >= 0.6 is 23.1 Å². The van der Waals surface area contributed by atoms with Gasteiger partial charge >= 0.3 is 5.97 Å². The molecule has 0 saturated carbocycles. The Labute approximate surface area is 125 Å². The third-order valence-electron chi connectivity index (χ3n) is 2.42. The molecule has 2 aromatic rings. The number of hydrogen-bond acceptors (Lipinski definition) is 7. The second kappa shape index (κ2) is 6.85. The molecule has 0 aliphatic heterocycles. The summed E-state index contributed by atoms with van der Waals surface area (Å²) < 4.78 is 7.28. The summed E-state index contributed by atoms with van der Waals surface area (Å²) in [4.78, 5) is 11.1. The number of ether oxygens (including phenoxy) is 1. The summed E-state index contributed by atoms with van der Waals surface area (Å²) in [6.07, 6.45) is 1.76. The summed E-state index contributed by atoms with van der Waals surface area (Å²) in [7, 11) is 1.37. The highest BCUT2D eigenvalue weighted by molar-refractivity contribution is 8.01. The molecule has 0 unspecified atom stereocenters. The molecule has 20 heavy (non-hydrogen) atoms. The number of hydrogen-bond donors (Lipinski definition) is 0. The lowest BCUT2D eigenvalue weighted by molar-refractivity contribution is -0.137. The molecule has 0 spiro atoms. The van der Waals surface area contributed by atoms with E-state index in [1.165, 1.54) is 30.2 Å². The molecule has 0 aromatic carbocycles. The smallest absolute Gasteiger partial charge is 0.316 e. The first-order chi connectivity index (χ1) is 9.60. The monoisotopic (exact) mass is 312 g/mol. The van der Waals surface area contributed by atoms with Crippen LogP contribution in [0.1, 0.15) is 13.8 Å². The standard InChI is InChI=1S/C12H16N4O2S2/c1-8(2)6-16-9(4-5-13-16)11-14-15-12(20-11)19-7-10(17)18-3/h4-5,8H,6-7H2,1-3H3. The molecular formula is C12H16N4O2S2. The van der Waals surface area contributed by atoms with E-state index in [0.29, 0.717) is 5.92 Å². The number of methoxy groups -OCH3 is 1. The van der Waals surface area contributed by atoms with Crippen molar-refractivity contribution in [1.82, 2.24) is 20.0 Å². The molecule has 2 aromatic heterocycles. The third kappa shape index (κ3) is 3.80. The van der Waals surface area contributed by atoms with Crippen molar-refractivity contribution in [2.24, 2.45) is 5.92 Å². The maximum absolute atomic E-state index is 11.1. The molecule has 0 radical (unpaired) electrons. The molecule has 8 heteroatoms. The van der Waals surface area contributed by atoms with Crippen molar-refractivity contribution in [3.8, 4) is 10.7 Å². The SMILES string of the molecule is COC(=O)CSc1nnc(-c2ccnn2CC(C)C)s1. The zero-order valence-corrected chi connectivity index (χ0v) is 13.2. The molecule has 2 rings (SSSR count). The van der Waals surface area contributed by atoms with E-state index >= 15 is 0 Å². The second-order valence-corrected chi connectivity index (χ2v) is 6.73. The number of rotatable bonds is 6. The number of esters is 1. The van der Waals surface area contributed by atoms with Gasteiger partial charge in [-0.15, -0.1) is 10.2 Å². The average Bonchev–Trinajstić information content (AvgIpc) is 3.03. The van der Waals surface area contributed by atoms with Crippen LogP contribution in [0.3, 0.4) is 0 Å². The Hall–Kier alpha value is -1.41. The Bertz CT molecular complexity index is 580. The van der Waals surface area contributed by atoms with Gasteiger partial charge in [0, 0.05) is 12.7 Å². The largest absolute Gasteiger partial charge is 0.468 e. The molecule has 0 atom stereocenters. The summed E-state index contributed by atoms with van der Waals surface area (Å²) in [5, 5.41) is 13.4. The lowest BCUT2D eigenvalue weighted by atomic mass is 10.2. The van der Waals surface area contributed by atoms with Crippen LogP contribution in [-0.2, 0) is 16.1 Å². The third-order valence-corrected chi connectivity index (χ3v) is 4.47. The van der Waals surface area contributed by atoms with Crippen molar-refractivity contribution in [3.05, 3.63) is 12.3 Å². The van der Waals surface area contributed by atoms with E-state index < -0.39 is 0 Å². The molecule has 6 nitrogen and oxygen atoms in total. The van der Waals surface area contributed by atoms with Crippen LogP contribution in [0.4, 0.5) is 0 Å². The van der Waals surface area contributed by atoms with Gasteiger partial charge in [-0.2, -0.15) is 5.10 Å². The molecule has 108 valence electrons. The maximum Gasteiger partial charge on any atom is 0.316 e. The first-order valence-electron chi connectivity index (χ1n) is 6.15. The fraction of sp³-hybridized carbons (Fsp3) is 0.500. The summed E-state index contributed by atoms with van der Waals surface area (Å²) in [6.45, 7) is 5.12. The summed E-state index contributed by atoms with van der Waals surface area (Å²) in [6, 6.07) is 1.93. The number of aromatic nitrogens is 4. The molecule has 0 saturated heterocycles.